The minimum absolute atomic E-state index is 0.105. The van der Waals surface area contributed by atoms with Gasteiger partial charge in [-0.3, -0.25) is 13.9 Å². The lowest BCUT2D eigenvalue weighted by atomic mass is 10.1. The van der Waals surface area contributed by atoms with Crippen LogP contribution in [0, 0.1) is 0 Å². The lowest BCUT2D eigenvalue weighted by Gasteiger charge is -2.31. The Labute approximate surface area is 228 Å². The highest BCUT2D eigenvalue weighted by atomic mass is 35.5. The Morgan fingerprint density at radius 1 is 0.947 bits per heavy atom. The van der Waals surface area contributed by atoms with Crippen molar-refractivity contribution < 1.29 is 27.5 Å². The number of carbonyl (C=O) groups is 2. The highest BCUT2D eigenvalue weighted by Crippen LogP contribution is 2.32. The van der Waals surface area contributed by atoms with E-state index in [0.29, 0.717) is 10.8 Å². The van der Waals surface area contributed by atoms with Crippen LogP contribution < -0.4 is 19.1 Å². The van der Waals surface area contributed by atoms with E-state index >= 15 is 0 Å². The van der Waals surface area contributed by atoms with Crippen LogP contribution in [-0.2, 0) is 26.2 Å². The molecule has 0 saturated heterocycles. The number of likely N-dealkylation sites (N-methyl/N-ethyl adjacent to an activating group) is 1. The molecule has 11 heteroatoms. The average Bonchev–Trinajstić information content (AvgIpc) is 2.94. The summed E-state index contributed by atoms with van der Waals surface area (Å²) < 4.78 is 39.3. The van der Waals surface area contributed by atoms with Gasteiger partial charge < -0.3 is 19.7 Å². The third-order valence-corrected chi connectivity index (χ3v) is 7.97. The quantitative estimate of drug-likeness (QED) is 0.384. The maximum absolute atomic E-state index is 13.9. The summed E-state index contributed by atoms with van der Waals surface area (Å²) in [7, 11) is 0.0501. The molecule has 38 heavy (non-hydrogen) atoms. The largest absolute Gasteiger partial charge is 0.493 e. The van der Waals surface area contributed by atoms with E-state index in [4.69, 9.17) is 21.1 Å². The Balaban J connectivity index is 2.06. The Morgan fingerprint density at radius 2 is 1.58 bits per heavy atom. The van der Waals surface area contributed by atoms with E-state index in [2.05, 4.69) is 5.32 Å². The van der Waals surface area contributed by atoms with Gasteiger partial charge in [0, 0.05) is 24.7 Å². The molecule has 1 atom stereocenters. The van der Waals surface area contributed by atoms with Crippen molar-refractivity contribution in [2.45, 2.75) is 24.4 Å². The molecular formula is C27H30ClN3O6S. The van der Waals surface area contributed by atoms with Crippen LogP contribution in [-0.4, -0.2) is 59.0 Å². The van der Waals surface area contributed by atoms with Crippen molar-refractivity contribution in [2.75, 3.05) is 32.1 Å². The second-order valence-corrected chi connectivity index (χ2v) is 10.6. The first-order valence-corrected chi connectivity index (χ1v) is 13.5. The SMILES string of the molecule is CNC(=O)C(C)N(Cc1ccccc1)C(=O)CN(c1ccc(Cl)cc1)S(=O)(=O)c1ccc(OC)c(OC)c1. The second kappa shape index (κ2) is 12.7. The van der Waals surface area contributed by atoms with Crippen LogP contribution in [0.2, 0.25) is 5.02 Å². The summed E-state index contributed by atoms with van der Waals surface area (Å²) in [5.41, 5.74) is 1.02. The average molecular weight is 560 g/mol. The summed E-state index contributed by atoms with van der Waals surface area (Å²) in [6.07, 6.45) is 0. The van der Waals surface area contributed by atoms with Crippen molar-refractivity contribution in [2.24, 2.45) is 0 Å². The lowest BCUT2D eigenvalue weighted by Crippen LogP contribution is -2.50. The number of benzene rings is 3. The first kappa shape index (κ1) is 28.8. The van der Waals surface area contributed by atoms with E-state index in [9.17, 15) is 18.0 Å². The standard InChI is InChI=1S/C27H30ClN3O6S/c1-19(27(33)29-2)30(17-20-8-6-5-7-9-20)26(32)18-31(22-12-10-21(28)11-13-22)38(34,35)23-14-15-24(36-3)25(16-23)37-4/h5-16,19H,17-18H2,1-4H3,(H,29,33). The minimum atomic E-state index is -4.27. The van der Waals surface area contributed by atoms with Gasteiger partial charge in [-0.2, -0.15) is 0 Å². The monoisotopic (exact) mass is 559 g/mol. The molecule has 1 unspecified atom stereocenters. The number of rotatable bonds is 11. The molecule has 1 N–H and O–H groups in total. The topological polar surface area (TPSA) is 105 Å². The Kier molecular flexibility index (Phi) is 9.60. The molecule has 3 rings (SSSR count). The fourth-order valence-corrected chi connectivity index (χ4v) is 5.37. The van der Waals surface area contributed by atoms with E-state index in [0.717, 1.165) is 9.87 Å². The second-order valence-electron chi connectivity index (χ2n) is 8.30. The maximum atomic E-state index is 13.9. The van der Waals surface area contributed by atoms with Crippen LogP contribution in [0.25, 0.3) is 0 Å². The number of hydrogen-bond acceptors (Lipinski definition) is 6. The fraction of sp³-hybridized carbons (Fsp3) is 0.259. The van der Waals surface area contributed by atoms with Gasteiger partial charge in [0.25, 0.3) is 10.0 Å². The Morgan fingerprint density at radius 3 is 2.16 bits per heavy atom. The van der Waals surface area contributed by atoms with Crippen LogP contribution in [0.5, 0.6) is 11.5 Å². The number of methoxy groups -OCH3 is 2. The number of carbonyl (C=O) groups excluding carboxylic acids is 2. The summed E-state index contributed by atoms with van der Waals surface area (Å²) in [4.78, 5) is 27.5. The lowest BCUT2D eigenvalue weighted by molar-refractivity contribution is -0.139. The van der Waals surface area contributed by atoms with Gasteiger partial charge in [-0.05, 0) is 48.9 Å². The van der Waals surface area contributed by atoms with Crippen molar-refractivity contribution in [3.63, 3.8) is 0 Å². The minimum Gasteiger partial charge on any atom is -0.493 e. The molecule has 0 bridgehead atoms. The molecular weight excluding hydrogens is 530 g/mol. The zero-order valence-corrected chi connectivity index (χ0v) is 23.1. The number of halogens is 1. The van der Waals surface area contributed by atoms with Gasteiger partial charge in [0.15, 0.2) is 11.5 Å². The smallest absolute Gasteiger partial charge is 0.264 e. The molecule has 0 radical (unpaired) electrons. The van der Waals surface area contributed by atoms with Crippen LogP contribution in [0.4, 0.5) is 5.69 Å². The zero-order chi connectivity index (χ0) is 27.9. The first-order valence-electron chi connectivity index (χ1n) is 11.7. The first-order chi connectivity index (χ1) is 18.1. The number of nitrogens with zero attached hydrogens (tertiary/aromatic N) is 2. The fourth-order valence-electron chi connectivity index (χ4n) is 3.81. The van der Waals surface area contributed by atoms with Crippen molar-refractivity contribution in [1.82, 2.24) is 10.2 Å². The summed E-state index contributed by atoms with van der Waals surface area (Å²) in [5, 5.41) is 2.96. The summed E-state index contributed by atoms with van der Waals surface area (Å²) in [6, 6.07) is 18.6. The van der Waals surface area contributed by atoms with Gasteiger partial charge in [0.2, 0.25) is 11.8 Å². The van der Waals surface area contributed by atoms with Crippen molar-refractivity contribution in [3.8, 4) is 11.5 Å². The summed E-state index contributed by atoms with van der Waals surface area (Å²) in [5.74, 6) is -0.372. The predicted octanol–water partition coefficient (Wildman–Crippen LogP) is 3.72. The third kappa shape index (κ3) is 6.56. The van der Waals surface area contributed by atoms with Gasteiger partial charge in [-0.25, -0.2) is 8.42 Å². The number of anilines is 1. The molecule has 0 aliphatic heterocycles. The molecule has 0 saturated carbocycles. The number of nitrogens with one attached hydrogen (secondary N) is 1. The molecule has 0 aliphatic rings. The number of amides is 2. The third-order valence-electron chi connectivity index (χ3n) is 5.95. The molecule has 2 amide bonds. The van der Waals surface area contributed by atoms with Crippen LogP contribution in [0.15, 0.2) is 77.7 Å². The number of ether oxygens (including phenoxy) is 2. The van der Waals surface area contributed by atoms with E-state index in [1.54, 1.807) is 6.92 Å². The van der Waals surface area contributed by atoms with Crippen molar-refractivity contribution >= 4 is 39.1 Å². The van der Waals surface area contributed by atoms with Gasteiger partial charge in [-0.15, -0.1) is 0 Å². The zero-order valence-electron chi connectivity index (χ0n) is 21.5. The van der Waals surface area contributed by atoms with Gasteiger partial charge in [-0.1, -0.05) is 41.9 Å². The van der Waals surface area contributed by atoms with E-state index in [1.807, 2.05) is 30.3 Å². The maximum Gasteiger partial charge on any atom is 0.264 e. The Bertz CT molecular complexity index is 1370. The molecule has 9 nitrogen and oxygen atoms in total. The van der Waals surface area contributed by atoms with Crippen LogP contribution in [0.3, 0.4) is 0 Å². The molecule has 3 aromatic rings. The molecule has 0 aromatic heterocycles. The molecule has 3 aromatic carbocycles. The van der Waals surface area contributed by atoms with Gasteiger partial charge in [0.05, 0.1) is 24.8 Å². The normalized spacial score (nSPS) is 11.8. The molecule has 0 spiro atoms. The highest BCUT2D eigenvalue weighted by molar-refractivity contribution is 7.92. The van der Waals surface area contributed by atoms with Crippen molar-refractivity contribution in [3.05, 3.63) is 83.4 Å². The summed E-state index contributed by atoms with van der Waals surface area (Å²) in [6.45, 7) is 1.14. The highest BCUT2D eigenvalue weighted by Gasteiger charge is 2.32. The van der Waals surface area contributed by atoms with Crippen LogP contribution >= 0.6 is 11.6 Å². The predicted molar refractivity (Wildman–Crippen MR) is 146 cm³/mol. The molecule has 0 fully saturated rings. The van der Waals surface area contributed by atoms with Gasteiger partial charge >= 0.3 is 0 Å². The van der Waals surface area contributed by atoms with E-state index < -0.39 is 28.5 Å². The van der Waals surface area contributed by atoms with E-state index in [1.165, 1.54) is 68.6 Å². The van der Waals surface area contributed by atoms with E-state index in [-0.39, 0.29) is 28.8 Å². The number of sulfonamides is 1. The molecule has 0 aliphatic carbocycles. The van der Waals surface area contributed by atoms with Crippen LogP contribution in [0.1, 0.15) is 12.5 Å². The van der Waals surface area contributed by atoms with Crippen molar-refractivity contribution in [1.29, 1.82) is 0 Å². The molecule has 0 heterocycles. The summed E-state index contributed by atoms with van der Waals surface area (Å²) >= 11 is 6.04. The molecule has 202 valence electrons. The Hall–Kier alpha value is -3.76. The van der Waals surface area contributed by atoms with Gasteiger partial charge in [0.1, 0.15) is 12.6 Å². The number of hydrogen-bond donors (Lipinski definition) is 1.